The van der Waals surface area contributed by atoms with Crippen molar-refractivity contribution in [3.8, 4) is 0 Å². The largest absolute Gasteiger partial charge is 0.341 e. The van der Waals surface area contributed by atoms with Crippen LogP contribution in [0.4, 0.5) is 0 Å². The second-order valence-corrected chi connectivity index (χ2v) is 8.29. The fraction of sp³-hybridized carbons (Fsp3) is 0.667. The molecular weight excluding hydrogens is 345 g/mol. The van der Waals surface area contributed by atoms with E-state index in [-0.39, 0.29) is 0 Å². The van der Waals surface area contributed by atoms with Crippen LogP contribution >= 0.6 is 23.2 Å². The van der Waals surface area contributed by atoms with E-state index in [1.165, 1.54) is 12.8 Å². The minimum absolute atomic E-state index is 0.292. The summed E-state index contributed by atoms with van der Waals surface area (Å²) in [4.78, 5) is 21.3. The van der Waals surface area contributed by atoms with Crippen molar-refractivity contribution in [1.29, 1.82) is 0 Å². The Bertz CT molecular complexity index is 614. The zero-order chi connectivity index (χ0) is 16.7. The Morgan fingerprint density at radius 1 is 1.08 bits per heavy atom. The first kappa shape index (κ1) is 16.6. The summed E-state index contributed by atoms with van der Waals surface area (Å²) in [7, 11) is 0. The molecule has 4 heterocycles. The predicted molar refractivity (Wildman–Crippen MR) is 95.1 cm³/mol. The van der Waals surface area contributed by atoms with E-state index in [0.717, 1.165) is 51.0 Å². The molecule has 2 atom stereocenters. The van der Waals surface area contributed by atoms with Crippen molar-refractivity contribution in [2.24, 2.45) is 11.8 Å². The lowest BCUT2D eigenvalue weighted by Gasteiger charge is -2.36. The van der Waals surface area contributed by atoms with Crippen LogP contribution in [0.3, 0.4) is 0 Å². The summed E-state index contributed by atoms with van der Waals surface area (Å²) in [6.45, 7) is 3.53. The van der Waals surface area contributed by atoms with Crippen molar-refractivity contribution >= 4 is 29.1 Å². The molecule has 1 saturated carbocycles. The van der Waals surface area contributed by atoms with Crippen LogP contribution in [0.5, 0.6) is 0 Å². The molecular formula is C18H23Cl2N3O. The molecule has 1 aromatic heterocycles. The Labute approximate surface area is 153 Å². The number of aromatic nitrogens is 1. The molecule has 130 valence electrons. The van der Waals surface area contributed by atoms with Crippen molar-refractivity contribution < 1.29 is 4.79 Å². The van der Waals surface area contributed by atoms with Gasteiger partial charge in [-0.05, 0) is 31.6 Å². The highest BCUT2D eigenvalue weighted by Gasteiger charge is 2.39. The van der Waals surface area contributed by atoms with Gasteiger partial charge in [0.05, 0.1) is 10.0 Å². The van der Waals surface area contributed by atoms with Gasteiger partial charge in [0.2, 0.25) is 5.91 Å². The first-order valence-electron chi connectivity index (χ1n) is 8.92. The van der Waals surface area contributed by atoms with Crippen LogP contribution < -0.4 is 0 Å². The Morgan fingerprint density at radius 3 is 2.50 bits per heavy atom. The minimum atomic E-state index is 0.292. The first-order valence-corrected chi connectivity index (χ1v) is 9.68. The summed E-state index contributed by atoms with van der Waals surface area (Å²) in [6, 6.07) is 0.410. The van der Waals surface area contributed by atoms with Crippen LogP contribution in [0.2, 0.25) is 10.0 Å². The molecule has 0 radical (unpaired) electrons. The number of halogens is 2. The summed E-state index contributed by atoms with van der Waals surface area (Å²) >= 11 is 12.6. The molecule has 1 amide bonds. The van der Waals surface area contributed by atoms with Gasteiger partial charge >= 0.3 is 0 Å². The third kappa shape index (κ3) is 3.16. The molecule has 5 rings (SSSR count). The quantitative estimate of drug-likeness (QED) is 0.818. The average molecular weight is 368 g/mol. The molecule has 0 aromatic carbocycles. The molecule has 0 spiro atoms. The Balaban J connectivity index is 1.49. The van der Waals surface area contributed by atoms with Gasteiger partial charge in [-0.1, -0.05) is 29.6 Å². The zero-order valence-electron chi connectivity index (χ0n) is 13.8. The maximum atomic E-state index is 12.7. The standard InChI is InChI=1S/C18H23Cl2N3O/c19-16-6-21-7-17(20)15(16)11-22-8-12-4-5-14(22)10-23(9-12)18(24)13-2-1-3-13/h6-7,12-14H,1-5,8-11H2/t12-,14-/m1/s1. The van der Waals surface area contributed by atoms with E-state index >= 15 is 0 Å². The lowest BCUT2D eigenvalue weighted by molar-refractivity contribution is -0.138. The maximum Gasteiger partial charge on any atom is 0.225 e. The number of hydrogen-bond donors (Lipinski definition) is 0. The smallest absolute Gasteiger partial charge is 0.225 e. The monoisotopic (exact) mass is 367 g/mol. The molecule has 6 heteroatoms. The molecule has 1 aromatic rings. The first-order chi connectivity index (χ1) is 11.6. The van der Waals surface area contributed by atoms with Gasteiger partial charge in [-0.2, -0.15) is 0 Å². The number of nitrogens with zero attached hydrogens (tertiary/aromatic N) is 3. The van der Waals surface area contributed by atoms with E-state index in [4.69, 9.17) is 23.2 Å². The molecule has 1 aliphatic carbocycles. The Morgan fingerprint density at radius 2 is 1.83 bits per heavy atom. The SMILES string of the molecule is O=C(C1CCC1)N1C[C@@H]2CC[C@H](C1)N(Cc1c(Cl)cncc1Cl)C2. The van der Waals surface area contributed by atoms with E-state index in [1.807, 2.05) is 0 Å². The highest BCUT2D eigenvalue weighted by atomic mass is 35.5. The van der Waals surface area contributed by atoms with E-state index in [1.54, 1.807) is 12.4 Å². The molecule has 4 fully saturated rings. The topological polar surface area (TPSA) is 36.4 Å². The highest BCUT2D eigenvalue weighted by Crippen LogP contribution is 2.34. The summed E-state index contributed by atoms with van der Waals surface area (Å²) in [6.07, 6.45) is 9.05. The molecule has 0 unspecified atom stereocenters. The number of carbonyl (C=O) groups is 1. The van der Waals surface area contributed by atoms with E-state index in [0.29, 0.717) is 33.8 Å². The number of carbonyl (C=O) groups excluding carboxylic acids is 1. The lowest BCUT2D eigenvalue weighted by Crippen LogP contribution is -2.45. The number of fused-ring (bicyclic) bond motifs is 4. The van der Waals surface area contributed by atoms with Gasteiger partial charge in [-0.25, -0.2) is 0 Å². The van der Waals surface area contributed by atoms with E-state index < -0.39 is 0 Å². The third-order valence-corrected chi connectivity index (χ3v) is 6.56. The fourth-order valence-corrected chi connectivity index (χ4v) is 4.74. The highest BCUT2D eigenvalue weighted by molar-refractivity contribution is 6.35. The number of piperidine rings is 1. The number of rotatable bonds is 3. The van der Waals surface area contributed by atoms with Crippen LogP contribution in [-0.2, 0) is 11.3 Å². The molecule has 0 N–H and O–H groups in total. The molecule has 2 bridgehead atoms. The molecule has 3 aliphatic heterocycles. The van der Waals surface area contributed by atoms with Crippen molar-refractivity contribution in [2.75, 3.05) is 19.6 Å². The molecule has 24 heavy (non-hydrogen) atoms. The lowest BCUT2D eigenvalue weighted by atomic mass is 9.84. The van der Waals surface area contributed by atoms with Gasteiger partial charge in [0.15, 0.2) is 0 Å². The minimum Gasteiger partial charge on any atom is -0.341 e. The van der Waals surface area contributed by atoms with Crippen molar-refractivity contribution in [1.82, 2.24) is 14.8 Å². The number of pyridine rings is 1. The second-order valence-electron chi connectivity index (χ2n) is 7.48. The van der Waals surface area contributed by atoms with Crippen LogP contribution in [0, 0.1) is 11.8 Å². The van der Waals surface area contributed by atoms with Gasteiger partial charge in [-0.3, -0.25) is 14.7 Å². The van der Waals surface area contributed by atoms with Gasteiger partial charge < -0.3 is 4.90 Å². The fourth-order valence-electron chi connectivity index (χ4n) is 4.26. The van der Waals surface area contributed by atoms with Crippen molar-refractivity contribution in [3.63, 3.8) is 0 Å². The zero-order valence-corrected chi connectivity index (χ0v) is 15.3. The van der Waals surface area contributed by atoms with Gasteiger partial charge in [0, 0.05) is 56.1 Å². The number of hydrogen-bond acceptors (Lipinski definition) is 3. The second kappa shape index (κ2) is 6.81. The third-order valence-electron chi connectivity index (χ3n) is 5.91. The Kier molecular flexibility index (Phi) is 4.72. The molecule has 3 saturated heterocycles. The maximum absolute atomic E-state index is 12.7. The molecule has 4 aliphatic rings. The Hall–Kier alpha value is -0.840. The average Bonchev–Trinajstić information content (AvgIpc) is 2.81. The van der Waals surface area contributed by atoms with Gasteiger partial charge in [0.25, 0.3) is 0 Å². The molecule has 4 nitrogen and oxygen atoms in total. The van der Waals surface area contributed by atoms with Crippen LogP contribution in [0.25, 0.3) is 0 Å². The van der Waals surface area contributed by atoms with E-state index in [2.05, 4.69) is 14.8 Å². The summed E-state index contributed by atoms with van der Waals surface area (Å²) in [5.74, 6) is 1.24. The summed E-state index contributed by atoms with van der Waals surface area (Å²) in [5, 5.41) is 1.26. The van der Waals surface area contributed by atoms with Crippen molar-refractivity contribution in [3.05, 3.63) is 28.0 Å². The van der Waals surface area contributed by atoms with Crippen LogP contribution in [-0.4, -0.2) is 46.4 Å². The van der Waals surface area contributed by atoms with Crippen LogP contribution in [0.15, 0.2) is 12.4 Å². The normalized spacial score (nSPS) is 27.8. The van der Waals surface area contributed by atoms with E-state index in [9.17, 15) is 4.79 Å². The summed E-state index contributed by atoms with van der Waals surface area (Å²) < 4.78 is 0. The van der Waals surface area contributed by atoms with Crippen molar-refractivity contribution in [2.45, 2.75) is 44.7 Å². The predicted octanol–water partition coefficient (Wildman–Crippen LogP) is 3.61. The summed E-state index contributed by atoms with van der Waals surface area (Å²) in [5.41, 5.74) is 0.956. The van der Waals surface area contributed by atoms with Gasteiger partial charge in [0.1, 0.15) is 0 Å². The van der Waals surface area contributed by atoms with Gasteiger partial charge in [-0.15, -0.1) is 0 Å². The number of amides is 1. The van der Waals surface area contributed by atoms with Crippen LogP contribution in [0.1, 0.15) is 37.7 Å².